The normalized spacial score (nSPS) is 20.2. The van der Waals surface area contributed by atoms with Crippen LogP contribution >= 0.6 is 0 Å². The Morgan fingerprint density at radius 2 is 0.587 bits per heavy atom. The van der Waals surface area contributed by atoms with Gasteiger partial charge in [-0.25, -0.2) is 0 Å². The molecule has 4 aromatic rings. The minimum atomic E-state index is 0.589. The summed E-state index contributed by atoms with van der Waals surface area (Å²) in [5.74, 6) is 2.45. The van der Waals surface area contributed by atoms with E-state index in [1.807, 2.05) is 55.4 Å². The van der Waals surface area contributed by atoms with Crippen LogP contribution in [-0.4, -0.2) is 26.2 Å². The van der Waals surface area contributed by atoms with E-state index in [9.17, 15) is 0 Å². The first-order valence-corrected chi connectivity index (χ1v) is 18.5. The third-order valence-corrected chi connectivity index (χ3v) is 8.35. The molecule has 4 aromatic carbocycles. The average molecular weight is 623 g/mol. The van der Waals surface area contributed by atoms with Crippen LogP contribution in [0.3, 0.4) is 0 Å². The van der Waals surface area contributed by atoms with Crippen LogP contribution in [-0.2, 0) is 0 Å². The van der Waals surface area contributed by atoms with Crippen molar-refractivity contribution in [1.82, 2.24) is 10.6 Å². The van der Waals surface area contributed by atoms with E-state index in [1.165, 1.54) is 47.9 Å². The zero-order valence-electron chi connectivity index (χ0n) is 30.5. The highest BCUT2D eigenvalue weighted by atomic mass is 14.9. The summed E-state index contributed by atoms with van der Waals surface area (Å²) in [7, 11) is 0. The number of rotatable bonds is 4. The van der Waals surface area contributed by atoms with E-state index in [1.54, 1.807) is 0 Å². The van der Waals surface area contributed by atoms with Crippen molar-refractivity contribution < 1.29 is 0 Å². The molecular formula is C44H66N2. The molecule has 2 N–H and O–H groups in total. The molecule has 0 amide bonds. The molecule has 2 heterocycles. The van der Waals surface area contributed by atoms with Gasteiger partial charge in [-0.1, -0.05) is 177 Å². The van der Waals surface area contributed by atoms with Crippen molar-refractivity contribution in [2.75, 3.05) is 26.2 Å². The van der Waals surface area contributed by atoms with Gasteiger partial charge in [-0.2, -0.15) is 0 Å². The summed E-state index contributed by atoms with van der Waals surface area (Å²) >= 11 is 0. The van der Waals surface area contributed by atoms with Gasteiger partial charge in [0.15, 0.2) is 0 Å². The third kappa shape index (κ3) is 13.7. The maximum Gasteiger partial charge on any atom is 0.00322 e. The highest BCUT2D eigenvalue weighted by molar-refractivity contribution is 5.31. The Morgan fingerprint density at radius 3 is 0.848 bits per heavy atom. The lowest BCUT2D eigenvalue weighted by atomic mass is 9.79. The summed E-state index contributed by atoms with van der Waals surface area (Å²) in [6, 6.07) is 43.9. The topological polar surface area (TPSA) is 24.1 Å². The Balaban J connectivity index is 0.000000379. The van der Waals surface area contributed by atoms with Crippen LogP contribution in [0.15, 0.2) is 121 Å². The van der Waals surface area contributed by atoms with Crippen molar-refractivity contribution in [3.05, 3.63) is 144 Å². The lowest BCUT2D eigenvalue weighted by Gasteiger charge is -2.26. The summed E-state index contributed by atoms with van der Waals surface area (Å²) in [5, 5.41) is 7.19. The Kier molecular flexibility index (Phi) is 23.9. The van der Waals surface area contributed by atoms with Gasteiger partial charge in [-0.15, -0.1) is 0 Å². The molecule has 4 atom stereocenters. The first kappa shape index (κ1) is 40.8. The van der Waals surface area contributed by atoms with Crippen LogP contribution in [0.4, 0.5) is 0 Å². The first-order valence-electron chi connectivity index (χ1n) is 18.5. The summed E-state index contributed by atoms with van der Waals surface area (Å²) in [4.78, 5) is 0. The molecule has 0 aromatic heterocycles. The summed E-state index contributed by atoms with van der Waals surface area (Å²) in [6.07, 6.45) is 5.08. The predicted molar refractivity (Wildman–Crippen MR) is 206 cm³/mol. The Hall–Kier alpha value is -3.20. The Morgan fingerprint density at radius 1 is 0.348 bits per heavy atom. The number of hydrogen-bond acceptors (Lipinski definition) is 2. The minimum absolute atomic E-state index is 0.589. The van der Waals surface area contributed by atoms with E-state index in [-0.39, 0.29) is 0 Å². The van der Waals surface area contributed by atoms with E-state index in [0.29, 0.717) is 23.7 Å². The molecule has 0 bridgehead atoms. The van der Waals surface area contributed by atoms with Crippen molar-refractivity contribution in [3.8, 4) is 0 Å². The van der Waals surface area contributed by atoms with Crippen molar-refractivity contribution in [2.45, 2.75) is 105 Å². The summed E-state index contributed by atoms with van der Waals surface area (Å²) < 4.78 is 0. The molecule has 2 aliphatic rings. The number of nitrogens with one attached hydrogen (secondary N) is 2. The molecule has 2 saturated heterocycles. The predicted octanol–water partition coefficient (Wildman–Crippen LogP) is 12.0. The van der Waals surface area contributed by atoms with Gasteiger partial charge >= 0.3 is 0 Å². The van der Waals surface area contributed by atoms with Crippen LogP contribution in [0.25, 0.3) is 0 Å². The van der Waals surface area contributed by atoms with Crippen LogP contribution in [0.1, 0.15) is 127 Å². The molecular weight excluding hydrogens is 556 g/mol. The van der Waals surface area contributed by atoms with Crippen LogP contribution in [0.2, 0.25) is 0 Å². The lowest BCUT2D eigenvalue weighted by molar-refractivity contribution is 0.527. The van der Waals surface area contributed by atoms with Crippen LogP contribution in [0.5, 0.6) is 0 Å². The van der Waals surface area contributed by atoms with E-state index in [4.69, 9.17) is 0 Å². The van der Waals surface area contributed by atoms with Crippen molar-refractivity contribution >= 4 is 0 Å². The second-order valence-electron chi connectivity index (χ2n) is 10.8. The Labute approximate surface area is 284 Å². The number of hydrogen-bond donors (Lipinski definition) is 2. The van der Waals surface area contributed by atoms with Gasteiger partial charge in [0, 0.05) is 24.9 Å². The smallest absolute Gasteiger partial charge is 0.00322 e. The molecule has 0 saturated carbocycles. The van der Waals surface area contributed by atoms with Gasteiger partial charge in [0.2, 0.25) is 0 Å². The maximum absolute atomic E-state index is 3.60. The molecule has 0 spiro atoms. The van der Waals surface area contributed by atoms with Crippen LogP contribution < -0.4 is 10.6 Å². The fourth-order valence-corrected chi connectivity index (χ4v) is 6.40. The molecule has 2 nitrogen and oxygen atoms in total. The molecule has 0 radical (unpaired) electrons. The third-order valence-electron chi connectivity index (χ3n) is 8.35. The molecule has 2 heteroatoms. The van der Waals surface area contributed by atoms with Crippen molar-refractivity contribution in [1.29, 1.82) is 0 Å². The van der Waals surface area contributed by atoms with Crippen LogP contribution in [0, 0.1) is 0 Å². The van der Waals surface area contributed by atoms with Gasteiger partial charge in [0.1, 0.15) is 0 Å². The van der Waals surface area contributed by atoms with E-state index >= 15 is 0 Å². The molecule has 252 valence electrons. The van der Waals surface area contributed by atoms with Gasteiger partial charge < -0.3 is 10.6 Å². The fraction of sp³-hybridized carbons (Fsp3) is 0.455. The second kappa shape index (κ2) is 27.0. The average Bonchev–Trinajstić information content (AvgIpc) is 3.59. The zero-order valence-corrected chi connectivity index (χ0v) is 30.5. The summed E-state index contributed by atoms with van der Waals surface area (Å²) in [5.41, 5.74) is 5.90. The molecule has 0 aliphatic carbocycles. The highest BCUT2D eigenvalue weighted by Gasteiger charge is 2.27. The lowest BCUT2D eigenvalue weighted by Crippen LogP contribution is -2.22. The fourth-order valence-electron chi connectivity index (χ4n) is 6.40. The second-order valence-corrected chi connectivity index (χ2v) is 10.8. The Bertz CT molecular complexity index is 986. The van der Waals surface area contributed by atoms with Crippen molar-refractivity contribution in [3.63, 3.8) is 0 Å². The van der Waals surface area contributed by atoms with Gasteiger partial charge in [0.05, 0.1) is 0 Å². The standard InChI is InChI=1S/2C18H21N.4C2H6/c2*1-3-8-15(9-4-1)17-12-7-13-19-14-18(17)16-10-5-2-6-11-16;4*1-2/h2*1-6,8-11,17-19H,7,12-14H2;4*1-2H3/t17-,18+;17-,18-;;;;/m10..../s1. The molecule has 2 fully saturated rings. The quantitative estimate of drug-likeness (QED) is 0.237. The van der Waals surface area contributed by atoms with E-state index < -0.39 is 0 Å². The maximum atomic E-state index is 3.60. The van der Waals surface area contributed by atoms with E-state index in [2.05, 4.69) is 132 Å². The van der Waals surface area contributed by atoms with Gasteiger partial charge in [-0.05, 0) is 72.9 Å². The SMILES string of the molecule is CC.CC.CC.CC.c1ccc([C@@H]2CCCNC[C@H]2c2ccccc2)cc1.c1ccc([C@H]2CCCNC[C@H]2c2ccccc2)cc1. The van der Waals surface area contributed by atoms with Gasteiger partial charge in [-0.3, -0.25) is 0 Å². The molecule has 0 unspecified atom stereocenters. The monoisotopic (exact) mass is 623 g/mol. The highest BCUT2D eigenvalue weighted by Crippen LogP contribution is 2.38. The van der Waals surface area contributed by atoms with Crippen molar-refractivity contribution in [2.24, 2.45) is 0 Å². The summed E-state index contributed by atoms with van der Waals surface area (Å²) in [6.45, 7) is 20.5. The molecule has 6 rings (SSSR count). The molecule has 46 heavy (non-hydrogen) atoms. The largest absolute Gasteiger partial charge is 0.316 e. The minimum Gasteiger partial charge on any atom is -0.316 e. The first-order chi connectivity index (χ1) is 22.9. The zero-order chi connectivity index (χ0) is 33.8. The number of benzene rings is 4. The van der Waals surface area contributed by atoms with Gasteiger partial charge in [0.25, 0.3) is 0 Å². The molecule has 2 aliphatic heterocycles. The van der Waals surface area contributed by atoms with E-state index in [0.717, 1.165) is 26.2 Å².